The maximum atomic E-state index is 13.9. The van der Waals surface area contributed by atoms with E-state index in [1.807, 2.05) is 0 Å². The Morgan fingerprint density at radius 3 is 2.21 bits per heavy atom. The fourth-order valence-corrected chi connectivity index (χ4v) is 2.42. The summed E-state index contributed by atoms with van der Waals surface area (Å²) in [5.41, 5.74) is -2.73. The average molecular weight is 280 g/mol. The van der Waals surface area contributed by atoms with E-state index in [9.17, 15) is 17.6 Å². The minimum atomic E-state index is -4.52. The maximum absolute atomic E-state index is 13.9. The number of hydrogen-bond acceptors (Lipinski definition) is 5. The predicted octanol–water partition coefficient (Wildman–Crippen LogP) is 1.43. The first-order valence-electron chi connectivity index (χ1n) is 5.28. The minimum Gasteiger partial charge on any atom is -0.290 e. The van der Waals surface area contributed by atoms with Crippen molar-refractivity contribution in [3.05, 3.63) is 54.4 Å². The van der Waals surface area contributed by atoms with Gasteiger partial charge in [0.05, 0.1) is 0 Å². The van der Waals surface area contributed by atoms with Gasteiger partial charge in [0, 0.05) is 18.0 Å². The number of halogens is 1. The highest BCUT2D eigenvalue weighted by Crippen LogP contribution is 2.17. The number of Topliss-reactive ketones (excluding diaryl/α,β-unsaturated/α-hetero) is 1. The van der Waals surface area contributed by atoms with Crippen molar-refractivity contribution in [2.45, 2.75) is 10.7 Å². The van der Waals surface area contributed by atoms with E-state index < -0.39 is 26.3 Å². The summed E-state index contributed by atoms with van der Waals surface area (Å²) in [7, 11) is -4.52. The van der Waals surface area contributed by atoms with E-state index in [-0.39, 0.29) is 5.56 Å². The van der Waals surface area contributed by atoms with Gasteiger partial charge >= 0.3 is 0 Å². The lowest BCUT2D eigenvalue weighted by Crippen LogP contribution is -2.27. The second-order valence-corrected chi connectivity index (χ2v) is 5.49. The summed E-state index contributed by atoms with van der Waals surface area (Å²) in [6.45, 7) is 0. The minimum absolute atomic E-state index is 0.0190. The van der Waals surface area contributed by atoms with Gasteiger partial charge in [-0.1, -0.05) is 30.3 Å². The summed E-state index contributed by atoms with van der Waals surface area (Å²) in [4.78, 5) is 18.7. The molecule has 1 aromatic heterocycles. The van der Waals surface area contributed by atoms with Crippen LogP contribution in [-0.2, 0) is 9.84 Å². The molecule has 0 spiro atoms. The zero-order valence-corrected chi connectivity index (χ0v) is 10.4. The molecule has 5 nitrogen and oxygen atoms in total. The molecule has 98 valence electrons. The Balaban J connectivity index is 2.35. The number of ketones is 1. The molecule has 1 aromatic carbocycles. The van der Waals surface area contributed by atoms with E-state index >= 15 is 0 Å². The van der Waals surface area contributed by atoms with Crippen LogP contribution in [0.1, 0.15) is 10.4 Å². The fraction of sp³-hybridized carbons (Fsp3) is 0.0833. The molecule has 1 atom stereocenters. The Kier molecular flexibility index (Phi) is 3.66. The lowest BCUT2D eigenvalue weighted by Gasteiger charge is -2.07. The Labute approximate surface area is 109 Å². The van der Waals surface area contributed by atoms with Crippen LogP contribution in [0.25, 0.3) is 0 Å². The van der Waals surface area contributed by atoms with Crippen molar-refractivity contribution in [1.82, 2.24) is 9.97 Å². The molecule has 0 aliphatic heterocycles. The lowest BCUT2D eigenvalue weighted by atomic mass is 10.1. The summed E-state index contributed by atoms with van der Waals surface area (Å²) < 4.78 is 37.6. The molecule has 7 heteroatoms. The smallest absolute Gasteiger partial charge is 0.270 e. The molecule has 0 saturated carbocycles. The van der Waals surface area contributed by atoms with Gasteiger partial charge in [-0.05, 0) is 6.07 Å². The number of benzene rings is 1. The fourth-order valence-electron chi connectivity index (χ4n) is 1.40. The molecule has 0 radical (unpaired) electrons. The lowest BCUT2D eigenvalue weighted by molar-refractivity contribution is 0.0933. The first kappa shape index (κ1) is 13.3. The summed E-state index contributed by atoms with van der Waals surface area (Å²) >= 11 is 0. The van der Waals surface area contributed by atoms with Crippen molar-refractivity contribution in [1.29, 1.82) is 0 Å². The molecule has 1 heterocycles. The Hall–Kier alpha value is -2.15. The molecule has 2 aromatic rings. The number of alkyl halides is 1. The van der Waals surface area contributed by atoms with Crippen LogP contribution in [0.3, 0.4) is 0 Å². The van der Waals surface area contributed by atoms with Crippen LogP contribution in [0.4, 0.5) is 4.39 Å². The van der Waals surface area contributed by atoms with Crippen LogP contribution in [0.5, 0.6) is 0 Å². The van der Waals surface area contributed by atoms with Crippen LogP contribution < -0.4 is 0 Å². The van der Waals surface area contributed by atoms with E-state index in [2.05, 4.69) is 9.97 Å². The van der Waals surface area contributed by atoms with E-state index in [4.69, 9.17) is 0 Å². The number of carbonyl (C=O) groups is 1. The van der Waals surface area contributed by atoms with Crippen LogP contribution in [0.15, 0.2) is 53.9 Å². The molecule has 2 rings (SSSR count). The van der Waals surface area contributed by atoms with Gasteiger partial charge in [0.25, 0.3) is 20.5 Å². The highest BCUT2D eigenvalue weighted by molar-refractivity contribution is 7.92. The van der Waals surface area contributed by atoms with Gasteiger partial charge < -0.3 is 0 Å². The number of sulfone groups is 1. The number of rotatable bonds is 4. The van der Waals surface area contributed by atoms with Crippen molar-refractivity contribution in [3.8, 4) is 0 Å². The monoisotopic (exact) mass is 280 g/mol. The van der Waals surface area contributed by atoms with Crippen LogP contribution >= 0.6 is 0 Å². The van der Waals surface area contributed by atoms with Gasteiger partial charge in [-0.3, -0.25) is 4.79 Å². The number of nitrogens with zero attached hydrogens (tertiary/aromatic N) is 2. The molecule has 19 heavy (non-hydrogen) atoms. The standard InChI is InChI=1S/C12H9FN2O3S/c13-11(10(16)9-5-2-1-3-6-9)19(17,18)12-14-7-4-8-15-12/h1-8,11H. The Morgan fingerprint density at radius 1 is 1.05 bits per heavy atom. The molecule has 0 aliphatic carbocycles. The van der Waals surface area contributed by atoms with Crippen LogP contribution in [-0.4, -0.2) is 29.7 Å². The highest BCUT2D eigenvalue weighted by Gasteiger charge is 2.36. The summed E-state index contributed by atoms with van der Waals surface area (Å²) in [6, 6.07) is 8.76. The summed E-state index contributed by atoms with van der Waals surface area (Å²) in [5, 5.41) is -0.702. The summed E-state index contributed by atoms with van der Waals surface area (Å²) in [5.74, 6) is -1.13. The first-order chi connectivity index (χ1) is 9.03. The van der Waals surface area contributed by atoms with E-state index in [0.29, 0.717) is 0 Å². The Morgan fingerprint density at radius 2 is 1.63 bits per heavy atom. The zero-order chi connectivity index (χ0) is 13.9. The Bertz CT molecular complexity index is 675. The van der Waals surface area contributed by atoms with Gasteiger partial charge in [0.1, 0.15) is 0 Å². The average Bonchev–Trinajstić information content (AvgIpc) is 2.47. The van der Waals surface area contributed by atoms with Crippen molar-refractivity contribution in [2.24, 2.45) is 0 Å². The van der Waals surface area contributed by atoms with Crippen molar-refractivity contribution < 1.29 is 17.6 Å². The SMILES string of the molecule is O=C(c1ccccc1)C(F)S(=O)(=O)c1ncccn1. The maximum Gasteiger partial charge on any atom is 0.270 e. The normalized spacial score (nSPS) is 12.9. The molecular weight excluding hydrogens is 271 g/mol. The third-order valence-corrected chi connectivity index (χ3v) is 3.81. The molecule has 0 N–H and O–H groups in total. The third kappa shape index (κ3) is 2.65. The quantitative estimate of drug-likeness (QED) is 0.625. The van der Waals surface area contributed by atoms with Crippen molar-refractivity contribution in [2.75, 3.05) is 0 Å². The molecule has 0 saturated heterocycles. The number of carbonyl (C=O) groups excluding carboxylic acids is 1. The van der Waals surface area contributed by atoms with Gasteiger partial charge in [0.2, 0.25) is 5.78 Å². The highest BCUT2D eigenvalue weighted by atomic mass is 32.2. The topological polar surface area (TPSA) is 77.0 Å². The predicted molar refractivity (Wildman–Crippen MR) is 64.9 cm³/mol. The number of hydrogen-bond donors (Lipinski definition) is 0. The van der Waals surface area contributed by atoms with Crippen molar-refractivity contribution in [3.63, 3.8) is 0 Å². The first-order valence-corrected chi connectivity index (χ1v) is 6.82. The van der Waals surface area contributed by atoms with E-state index in [1.54, 1.807) is 6.07 Å². The zero-order valence-electron chi connectivity index (χ0n) is 9.60. The van der Waals surface area contributed by atoms with Gasteiger partial charge in [-0.2, -0.15) is 0 Å². The van der Waals surface area contributed by atoms with Gasteiger partial charge in [-0.25, -0.2) is 22.8 Å². The van der Waals surface area contributed by atoms with E-state index in [0.717, 1.165) is 0 Å². The molecule has 0 fully saturated rings. The van der Waals surface area contributed by atoms with Gasteiger partial charge in [-0.15, -0.1) is 0 Å². The third-order valence-electron chi connectivity index (χ3n) is 2.33. The van der Waals surface area contributed by atoms with Crippen LogP contribution in [0.2, 0.25) is 0 Å². The largest absolute Gasteiger partial charge is 0.290 e. The molecule has 0 aliphatic rings. The second kappa shape index (κ2) is 5.23. The second-order valence-electron chi connectivity index (χ2n) is 3.62. The molecular formula is C12H9FN2O3S. The number of aromatic nitrogens is 2. The molecule has 0 amide bonds. The summed E-state index contributed by atoms with van der Waals surface area (Å²) in [6.07, 6.45) is 2.33. The van der Waals surface area contributed by atoms with Crippen molar-refractivity contribution >= 4 is 15.6 Å². The van der Waals surface area contributed by atoms with E-state index in [1.165, 1.54) is 42.7 Å². The molecule has 0 bridgehead atoms. The van der Waals surface area contributed by atoms with Crippen LogP contribution in [0, 0.1) is 0 Å². The molecule has 1 unspecified atom stereocenters. The van der Waals surface area contributed by atoms with Gasteiger partial charge in [0.15, 0.2) is 0 Å².